The van der Waals surface area contributed by atoms with E-state index in [1.165, 1.54) is 11.8 Å². The maximum atomic E-state index is 14.3. The highest BCUT2D eigenvalue weighted by atomic mass is 32.2. The predicted octanol–water partition coefficient (Wildman–Crippen LogP) is 6.74. The fourth-order valence-corrected chi connectivity index (χ4v) is 11.2. The summed E-state index contributed by atoms with van der Waals surface area (Å²) >= 11 is 3.07. The summed E-state index contributed by atoms with van der Waals surface area (Å²) in [5.41, 5.74) is 5.21. The lowest BCUT2D eigenvalue weighted by Crippen LogP contribution is -2.51. The van der Waals surface area contributed by atoms with Crippen LogP contribution in [0.5, 0.6) is 17.2 Å². The van der Waals surface area contributed by atoms with E-state index in [1.54, 1.807) is 60.7 Å². The first-order valence-electron chi connectivity index (χ1n) is 22.6. The molecule has 0 aromatic heterocycles. The highest BCUT2D eigenvalue weighted by Crippen LogP contribution is 2.39. The number of benzene rings is 2. The van der Waals surface area contributed by atoms with Gasteiger partial charge in [0.05, 0.1) is 42.5 Å². The monoisotopic (exact) mass is 927 g/mol. The third kappa shape index (κ3) is 11.3. The van der Waals surface area contributed by atoms with Crippen LogP contribution in [0.2, 0.25) is 0 Å². The SMILES string of the molecule is C=C1C[C@H]2CCc3cc(OCCCCCOc4cc5c(cc4C)C(=O)N4CC(=C)C[C@H]4CN5C(=O)C(C)NC(=O)C(C)CC(=O)CCCNC(=O)C4=CSCS4)c(OC)cc3C(=O)N2C1. The highest BCUT2D eigenvalue weighted by Gasteiger charge is 2.41. The van der Waals surface area contributed by atoms with Crippen LogP contribution in [0.1, 0.15) is 103 Å². The average molecular weight is 928 g/mol. The van der Waals surface area contributed by atoms with Gasteiger partial charge in [-0.3, -0.25) is 28.8 Å². The van der Waals surface area contributed by atoms with Crippen LogP contribution >= 0.6 is 23.5 Å². The number of nitrogens with one attached hydrogen (secondary N) is 2. The van der Waals surface area contributed by atoms with Gasteiger partial charge < -0.3 is 39.5 Å². The van der Waals surface area contributed by atoms with Gasteiger partial charge in [-0.2, -0.15) is 0 Å². The third-order valence-electron chi connectivity index (χ3n) is 12.7. The molecule has 0 radical (unpaired) electrons. The third-order valence-corrected chi connectivity index (χ3v) is 14.9. The zero-order chi connectivity index (χ0) is 46.4. The van der Waals surface area contributed by atoms with Crippen molar-refractivity contribution in [2.45, 2.75) is 103 Å². The molecule has 4 atom stereocenters. The Labute approximate surface area is 390 Å². The molecular weight excluding hydrogens is 867 g/mol. The summed E-state index contributed by atoms with van der Waals surface area (Å²) in [6, 6.07) is 6.25. The summed E-state index contributed by atoms with van der Waals surface area (Å²) < 4.78 is 18.1. The molecule has 5 aliphatic rings. The first-order valence-corrected chi connectivity index (χ1v) is 24.7. The molecule has 5 aliphatic heterocycles. The maximum absolute atomic E-state index is 14.3. The number of nitrogens with zero attached hydrogens (tertiary/aromatic N) is 3. The first kappa shape index (κ1) is 47.7. The second kappa shape index (κ2) is 21.4. The molecule has 0 aliphatic carbocycles. The number of hydrogen-bond acceptors (Lipinski definition) is 11. The lowest BCUT2D eigenvalue weighted by molar-refractivity contribution is -0.131. The van der Waals surface area contributed by atoms with Crippen LogP contribution in [0.15, 0.2) is 58.9 Å². The van der Waals surface area contributed by atoms with Crippen LogP contribution in [0.4, 0.5) is 5.69 Å². The van der Waals surface area contributed by atoms with Crippen molar-refractivity contribution in [3.63, 3.8) is 0 Å². The van der Waals surface area contributed by atoms with Gasteiger partial charge in [0, 0.05) is 67.7 Å². The van der Waals surface area contributed by atoms with Crippen molar-refractivity contribution in [2.24, 2.45) is 5.92 Å². The molecule has 5 heterocycles. The molecule has 2 N–H and O–H groups in total. The minimum Gasteiger partial charge on any atom is -0.493 e. The van der Waals surface area contributed by atoms with Gasteiger partial charge in [-0.15, -0.1) is 23.5 Å². The molecule has 16 heteroatoms. The molecule has 65 heavy (non-hydrogen) atoms. The second-order valence-corrected chi connectivity index (χ2v) is 20.0. The zero-order valence-electron chi connectivity index (χ0n) is 38.0. The van der Waals surface area contributed by atoms with Crippen LogP contribution in [-0.2, 0) is 25.6 Å². The lowest BCUT2D eigenvalue weighted by atomic mass is 10.00. The number of carbonyl (C=O) groups excluding carboxylic acids is 6. The van der Waals surface area contributed by atoms with Crippen molar-refractivity contribution in [2.75, 3.05) is 56.5 Å². The summed E-state index contributed by atoms with van der Waals surface area (Å²) in [7, 11) is 1.58. The quantitative estimate of drug-likeness (QED) is 0.113. The van der Waals surface area contributed by atoms with Crippen LogP contribution in [0.25, 0.3) is 0 Å². The zero-order valence-corrected chi connectivity index (χ0v) is 39.6. The van der Waals surface area contributed by atoms with E-state index in [-0.39, 0.29) is 60.9 Å². The smallest absolute Gasteiger partial charge is 0.258 e. The van der Waals surface area contributed by atoms with E-state index in [4.69, 9.17) is 14.2 Å². The molecule has 14 nitrogen and oxygen atoms in total. The van der Waals surface area contributed by atoms with E-state index in [0.717, 1.165) is 65.9 Å². The van der Waals surface area contributed by atoms with Gasteiger partial charge in [-0.1, -0.05) is 31.2 Å². The molecule has 7 rings (SSSR count). The Morgan fingerprint density at radius 1 is 0.862 bits per heavy atom. The number of ether oxygens (including phenoxy) is 3. The minimum atomic E-state index is -0.949. The maximum Gasteiger partial charge on any atom is 0.258 e. The number of methoxy groups -OCH3 is 1. The Balaban J connectivity index is 0.921. The van der Waals surface area contributed by atoms with Gasteiger partial charge in [0.25, 0.3) is 17.7 Å². The molecule has 5 amide bonds. The van der Waals surface area contributed by atoms with Crippen LogP contribution in [0, 0.1) is 12.8 Å². The molecule has 0 saturated carbocycles. The van der Waals surface area contributed by atoms with Gasteiger partial charge in [0.15, 0.2) is 11.5 Å². The number of amides is 5. The number of fused-ring (bicyclic) bond motifs is 4. The molecule has 2 fully saturated rings. The topological polar surface area (TPSA) is 164 Å². The molecule has 348 valence electrons. The number of unbranched alkanes of at least 4 members (excludes halogenated alkanes) is 2. The van der Waals surface area contributed by atoms with Crippen molar-refractivity contribution in [3.8, 4) is 17.2 Å². The van der Waals surface area contributed by atoms with Gasteiger partial charge in [0.2, 0.25) is 11.8 Å². The first-order chi connectivity index (χ1) is 31.2. The second-order valence-electron chi connectivity index (χ2n) is 17.8. The van der Waals surface area contributed by atoms with E-state index < -0.39 is 17.9 Å². The lowest BCUT2D eigenvalue weighted by Gasteiger charge is -2.29. The van der Waals surface area contributed by atoms with Crippen molar-refractivity contribution in [3.05, 3.63) is 81.1 Å². The number of ketones is 1. The molecular formula is C49H61N5O9S2. The summed E-state index contributed by atoms with van der Waals surface area (Å²) in [5, 5.41) is 8.31. The fourth-order valence-electron chi connectivity index (χ4n) is 9.18. The van der Waals surface area contributed by atoms with Crippen LogP contribution < -0.4 is 29.7 Å². The molecule has 2 aromatic carbocycles. The Morgan fingerprint density at radius 2 is 1.55 bits per heavy atom. The van der Waals surface area contributed by atoms with E-state index in [9.17, 15) is 28.8 Å². The fraction of sp³-hybridized carbons (Fsp3) is 0.510. The summed E-state index contributed by atoms with van der Waals surface area (Å²) in [5.74, 6) is -0.157. The van der Waals surface area contributed by atoms with Crippen molar-refractivity contribution >= 4 is 64.5 Å². The van der Waals surface area contributed by atoms with Crippen molar-refractivity contribution < 1.29 is 43.0 Å². The Hall–Kier alpha value is -5.22. The number of hydrogen-bond donors (Lipinski definition) is 2. The highest BCUT2D eigenvalue weighted by molar-refractivity contribution is 8.22. The number of rotatable bonds is 19. The van der Waals surface area contributed by atoms with E-state index in [0.29, 0.717) is 84.7 Å². The number of anilines is 1. The van der Waals surface area contributed by atoms with Gasteiger partial charge in [-0.25, -0.2) is 0 Å². The Kier molecular flexibility index (Phi) is 15.7. The molecule has 2 aromatic rings. The molecule has 2 unspecified atom stereocenters. The summed E-state index contributed by atoms with van der Waals surface area (Å²) in [4.78, 5) is 86.0. The van der Waals surface area contributed by atoms with Gasteiger partial charge in [0.1, 0.15) is 17.6 Å². The summed E-state index contributed by atoms with van der Waals surface area (Å²) in [6.07, 6.45) is 6.08. The molecule has 0 spiro atoms. The van der Waals surface area contributed by atoms with Crippen molar-refractivity contribution in [1.29, 1.82) is 0 Å². The largest absolute Gasteiger partial charge is 0.493 e. The van der Waals surface area contributed by atoms with Crippen LogP contribution in [0.3, 0.4) is 0 Å². The van der Waals surface area contributed by atoms with Gasteiger partial charge in [-0.05, 0) is 99.9 Å². The Morgan fingerprint density at radius 3 is 2.26 bits per heavy atom. The predicted molar refractivity (Wildman–Crippen MR) is 254 cm³/mol. The number of aryl methyl sites for hydroxylation is 2. The normalized spacial score (nSPS) is 19.9. The van der Waals surface area contributed by atoms with E-state index >= 15 is 0 Å². The van der Waals surface area contributed by atoms with Crippen molar-refractivity contribution in [1.82, 2.24) is 20.4 Å². The minimum absolute atomic E-state index is 0.00887. The average Bonchev–Trinajstić information content (AvgIpc) is 4.02. The number of Topliss-reactive ketones (excluding diaryl/α,β-unsaturated/α-hetero) is 1. The van der Waals surface area contributed by atoms with E-state index in [2.05, 4.69) is 23.8 Å². The molecule has 0 bridgehead atoms. The van der Waals surface area contributed by atoms with E-state index in [1.807, 2.05) is 23.3 Å². The molecule has 2 saturated heterocycles. The van der Waals surface area contributed by atoms with Crippen LogP contribution in [-0.4, -0.2) is 115 Å². The summed E-state index contributed by atoms with van der Waals surface area (Å²) in [6.45, 7) is 15.8. The van der Waals surface area contributed by atoms with Gasteiger partial charge >= 0.3 is 0 Å². The number of carbonyl (C=O) groups is 6. The standard InChI is InChI=1S/C49H61N5O9S2/c1-29-17-35-13-12-34-21-43(42(61-6)22-38(34)48(59)52(35)24-29)63-16-9-7-8-15-62-41-23-40-39(20-31(41)3)49(60)53-25-30(2)18-36(53)26-54(40)47(58)33(5)51-45(56)32(4)19-37(55)11-10-14-50-46(57)44-27-64-28-65-44/h20-23,27,32-33,35-36H,1-2,7-19,24-26,28H2,3-6H3,(H,50,57)(H,51,56)/t32?,33?,35-,36+/m1/s1. The Bertz CT molecular complexity index is 2280. The number of thioether (sulfide) groups is 2.